The lowest BCUT2D eigenvalue weighted by atomic mass is 10.1. The number of nitrogens with zero attached hydrogens (tertiary/aromatic N) is 5. The van der Waals surface area contributed by atoms with Crippen LogP contribution < -0.4 is 5.32 Å². The first-order chi connectivity index (χ1) is 9.24. The second kappa shape index (κ2) is 5.43. The minimum Gasteiger partial charge on any atom is -0.360 e. The number of nitrogens with one attached hydrogen (secondary N) is 2. The summed E-state index contributed by atoms with van der Waals surface area (Å²) < 4.78 is 0. The van der Waals surface area contributed by atoms with Gasteiger partial charge in [-0.2, -0.15) is 15.7 Å². The largest absolute Gasteiger partial charge is 0.360 e. The van der Waals surface area contributed by atoms with Crippen LogP contribution in [-0.2, 0) is 0 Å². The molecule has 1 heterocycles. The first-order valence-electron chi connectivity index (χ1n) is 5.36. The Bertz CT molecular complexity index is 670. The summed E-state index contributed by atoms with van der Waals surface area (Å²) >= 11 is 0. The molecule has 1 aromatic heterocycles. The Morgan fingerprint density at radius 3 is 2.79 bits per heavy atom. The van der Waals surface area contributed by atoms with E-state index in [1.165, 1.54) is 6.20 Å². The van der Waals surface area contributed by atoms with Gasteiger partial charge in [0.1, 0.15) is 17.7 Å². The van der Waals surface area contributed by atoms with Crippen molar-refractivity contribution >= 4 is 5.69 Å². The van der Waals surface area contributed by atoms with Crippen molar-refractivity contribution in [1.82, 2.24) is 20.6 Å². The quantitative estimate of drug-likeness (QED) is 0.799. The highest BCUT2D eigenvalue weighted by molar-refractivity contribution is 5.66. The van der Waals surface area contributed by atoms with Crippen molar-refractivity contribution in [3.63, 3.8) is 0 Å². The Balaban J connectivity index is 2.32. The van der Waals surface area contributed by atoms with Crippen LogP contribution in [0.15, 0.2) is 30.0 Å². The number of hydrogen-bond donors (Lipinski definition) is 2. The third-order valence-electron chi connectivity index (χ3n) is 2.45. The number of H-pyrrole nitrogens is 1. The Kier molecular flexibility index (Phi) is 3.51. The SMILES string of the molecule is Cc1ccc(-c2nn[nH]n2)cc1NC=C(C#N)C#N. The van der Waals surface area contributed by atoms with Gasteiger partial charge in [0.15, 0.2) is 0 Å². The zero-order valence-electron chi connectivity index (χ0n) is 10.0. The number of aryl methyl sites for hydroxylation is 1. The summed E-state index contributed by atoms with van der Waals surface area (Å²) in [5, 5.41) is 33.9. The van der Waals surface area contributed by atoms with Gasteiger partial charge in [-0.15, -0.1) is 10.2 Å². The molecule has 0 bridgehead atoms. The molecule has 92 valence electrons. The molecule has 0 aliphatic heterocycles. The lowest BCUT2D eigenvalue weighted by Gasteiger charge is -2.06. The van der Waals surface area contributed by atoms with E-state index in [1.807, 2.05) is 25.1 Å². The van der Waals surface area contributed by atoms with Crippen LogP contribution in [0.25, 0.3) is 11.4 Å². The summed E-state index contributed by atoms with van der Waals surface area (Å²) in [4.78, 5) is 0. The van der Waals surface area contributed by atoms with E-state index in [0.717, 1.165) is 16.8 Å². The average Bonchev–Trinajstić information content (AvgIpc) is 2.96. The topological polar surface area (TPSA) is 114 Å². The molecular formula is C12H9N7. The van der Waals surface area contributed by atoms with Crippen molar-refractivity contribution in [2.75, 3.05) is 5.32 Å². The summed E-state index contributed by atoms with van der Waals surface area (Å²) in [6, 6.07) is 9.14. The third kappa shape index (κ3) is 2.73. The Morgan fingerprint density at radius 2 is 2.16 bits per heavy atom. The molecule has 7 heteroatoms. The maximum Gasteiger partial charge on any atom is 0.204 e. The predicted molar refractivity (Wildman–Crippen MR) is 67.3 cm³/mol. The fourth-order valence-corrected chi connectivity index (χ4v) is 1.44. The summed E-state index contributed by atoms with van der Waals surface area (Å²) in [6.45, 7) is 1.91. The lowest BCUT2D eigenvalue weighted by molar-refractivity contribution is 0.881. The molecular weight excluding hydrogens is 242 g/mol. The van der Waals surface area contributed by atoms with Crippen molar-refractivity contribution < 1.29 is 0 Å². The van der Waals surface area contributed by atoms with Crippen LogP contribution in [0.3, 0.4) is 0 Å². The molecule has 0 atom stereocenters. The van der Waals surface area contributed by atoms with E-state index < -0.39 is 0 Å². The number of rotatable bonds is 3. The summed E-state index contributed by atoms with van der Waals surface area (Å²) in [5.41, 5.74) is 2.53. The molecule has 0 aliphatic carbocycles. The zero-order valence-corrected chi connectivity index (χ0v) is 10.0. The summed E-state index contributed by atoms with van der Waals surface area (Å²) in [5.74, 6) is 0.479. The lowest BCUT2D eigenvalue weighted by Crippen LogP contribution is -1.94. The summed E-state index contributed by atoms with van der Waals surface area (Å²) in [7, 11) is 0. The van der Waals surface area contributed by atoms with E-state index in [1.54, 1.807) is 12.1 Å². The Morgan fingerprint density at radius 1 is 1.37 bits per heavy atom. The number of aromatic nitrogens is 4. The summed E-state index contributed by atoms with van der Waals surface area (Å²) in [6.07, 6.45) is 1.36. The minimum absolute atomic E-state index is 0.00404. The fourth-order valence-electron chi connectivity index (χ4n) is 1.44. The number of anilines is 1. The van der Waals surface area contributed by atoms with Crippen molar-refractivity contribution in [3.8, 4) is 23.5 Å². The van der Waals surface area contributed by atoms with Crippen LogP contribution in [0, 0.1) is 29.6 Å². The standard InChI is InChI=1S/C12H9N7/c1-8-2-3-10(12-16-18-19-17-12)4-11(8)15-7-9(5-13)6-14/h2-4,7,15H,1H3,(H,16,17,18,19). The van der Waals surface area contributed by atoms with Gasteiger partial charge in [-0.1, -0.05) is 12.1 Å². The molecule has 0 fully saturated rings. The van der Waals surface area contributed by atoms with Gasteiger partial charge >= 0.3 is 0 Å². The van der Waals surface area contributed by atoms with Crippen LogP contribution in [0.2, 0.25) is 0 Å². The molecule has 7 nitrogen and oxygen atoms in total. The molecule has 2 aromatic rings. The first kappa shape index (κ1) is 12.3. The molecule has 0 unspecified atom stereocenters. The van der Waals surface area contributed by atoms with Crippen molar-refractivity contribution in [2.24, 2.45) is 0 Å². The number of nitriles is 2. The van der Waals surface area contributed by atoms with Crippen LogP contribution >= 0.6 is 0 Å². The average molecular weight is 251 g/mol. The van der Waals surface area contributed by atoms with E-state index in [0.29, 0.717) is 5.82 Å². The van der Waals surface area contributed by atoms with E-state index in [9.17, 15) is 0 Å². The number of aromatic amines is 1. The Labute approximate surface area is 109 Å². The first-order valence-corrected chi connectivity index (χ1v) is 5.36. The second-order valence-corrected chi connectivity index (χ2v) is 3.69. The van der Waals surface area contributed by atoms with Gasteiger partial charge in [0.2, 0.25) is 5.82 Å². The molecule has 0 saturated carbocycles. The van der Waals surface area contributed by atoms with E-state index >= 15 is 0 Å². The van der Waals surface area contributed by atoms with Gasteiger partial charge in [-0.25, -0.2) is 0 Å². The molecule has 2 rings (SSSR count). The molecule has 0 saturated heterocycles. The number of benzene rings is 1. The van der Waals surface area contributed by atoms with Gasteiger partial charge < -0.3 is 5.32 Å². The van der Waals surface area contributed by atoms with E-state index in [4.69, 9.17) is 10.5 Å². The minimum atomic E-state index is 0.00404. The second-order valence-electron chi connectivity index (χ2n) is 3.69. The smallest absolute Gasteiger partial charge is 0.204 e. The van der Waals surface area contributed by atoms with Crippen LogP contribution in [0.4, 0.5) is 5.69 Å². The van der Waals surface area contributed by atoms with Gasteiger partial charge in [0, 0.05) is 17.5 Å². The van der Waals surface area contributed by atoms with Crippen molar-refractivity contribution in [2.45, 2.75) is 6.92 Å². The maximum atomic E-state index is 8.66. The highest BCUT2D eigenvalue weighted by atomic mass is 15.5. The van der Waals surface area contributed by atoms with Crippen LogP contribution in [0.5, 0.6) is 0 Å². The fraction of sp³-hybridized carbons (Fsp3) is 0.0833. The molecule has 0 aliphatic rings. The van der Waals surface area contributed by atoms with Gasteiger partial charge in [-0.05, 0) is 23.8 Å². The van der Waals surface area contributed by atoms with E-state index in [2.05, 4.69) is 25.9 Å². The molecule has 2 N–H and O–H groups in total. The molecule has 1 aromatic carbocycles. The molecule has 0 amide bonds. The van der Waals surface area contributed by atoms with E-state index in [-0.39, 0.29) is 5.57 Å². The number of allylic oxidation sites excluding steroid dienone is 1. The maximum absolute atomic E-state index is 8.66. The van der Waals surface area contributed by atoms with Gasteiger partial charge in [0.25, 0.3) is 0 Å². The molecule has 19 heavy (non-hydrogen) atoms. The highest BCUT2D eigenvalue weighted by Crippen LogP contribution is 2.22. The van der Waals surface area contributed by atoms with Crippen LogP contribution in [-0.4, -0.2) is 20.6 Å². The Hall–Kier alpha value is -3.19. The molecule has 0 radical (unpaired) electrons. The van der Waals surface area contributed by atoms with Crippen molar-refractivity contribution in [1.29, 1.82) is 10.5 Å². The van der Waals surface area contributed by atoms with Gasteiger partial charge in [-0.3, -0.25) is 0 Å². The van der Waals surface area contributed by atoms with Crippen LogP contribution in [0.1, 0.15) is 5.56 Å². The van der Waals surface area contributed by atoms with Crippen molar-refractivity contribution in [3.05, 3.63) is 35.5 Å². The number of tetrazole rings is 1. The zero-order chi connectivity index (χ0) is 13.7. The normalized spacial score (nSPS) is 9.21. The predicted octanol–water partition coefficient (Wildman–Crippen LogP) is 1.52. The third-order valence-corrected chi connectivity index (χ3v) is 2.45. The monoisotopic (exact) mass is 251 g/mol. The number of hydrogen-bond acceptors (Lipinski definition) is 6. The highest BCUT2D eigenvalue weighted by Gasteiger charge is 2.05. The molecule has 0 spiro atoms. The van der Waals surface area contributed by atoms with Gasteiger partial charge in [0.05, 0.1) is 0 Å².